The molecule has 0 aromatic heterocycles. The third-order valence-electron chi connectivity index (χ3n) is 5.81. The monoisotopic (exact) mass is 413 g/mol. The Morgan fingerprint density at radius 1 is 1.00 bits per heavy atom. The highest BCUT2D eigenvalue weighted by molar-refractivity contribution is 6.30. The molecule has 0 atom stereocenters. The average Bonchev–Trinajstić information content (AvgIpc) is 2.76. The van der Waals surface area contributed by atoms with Crippen molar-refractivity contribution < 1.29 is 4.79 Å². The van der Waals surface area contributed by atoms with E-state index in [9.17, 15) is 4.79 Å². The summed E-state index contributed by atoms with van der Waals surface area (Å²) in [6.45, 7) is 9.77. The van der Waals surface area contributed by atoms with E-state index in [1.54, 1.807) is 0 Å². The number of piperidine rings is 1. The number of benzene rings is 2. The largest absolute Gasteiger partial charge is 0.372 e. The SMILES string of the molecule is CCN(CC)c1ccc(CNC(=O)C2CCN(Cc3ccc(Cl)cc3)CC2)cc1. The molecule has 0 saturated carbocycles. The maximum absolute atomic E-state index is 12.6. The summed E-state index contributed by atoms with van der Waals surface area (Å²) in [4.78, 5) is 17.3. The number of amides is 1. The van der Waals surface area contributed by atoms with Gasteiger partial charge in [0.25, 0.3) is 0 Å². The van der Waals surface area contributed by atoms with E-state index in [0.717, 1.165) is 56.2 Å². The lowest BCUT2D eigenvalue weighted by Gasteiger charge is -2.31. The molecule has 29 heavy (non-hydrogen) atoms. The molecule has 0 unspecified atom stereocenters. The van der Waals surface area contributed by atoms with Crippen molar-refractivity contribution in [3.8, 4) is 0 Å². The fraction of sp³-hybridized carbons (Fsp3) is 0.458. The molecule has 1 aliphatic rings. The molecule has 1 amide bonds. The van der Waals surface area contributed by atoms with Gasteiger partial charge in [-0.25, -0.2) is 0 Å². The Hall–Kier alpha value is -2.04. The van der Waals surface area contributed by atoms with Crippen LogP contribution in [0.4, 0.5) is 5.69 Å². The second-order valence-electron chi connectivity index (χ2n) is 7.73. The van der Waals surface area contributed by atoms with E-state index in [1.165, 1.54) is 11.3 Å². The van der Waals surface area contributed by atoms with Gasteiger partial charge in [-0.05, 0) is 75.2 Å². The molecule has 156 valence electrons. The summed E-state index contributed by atoms with van der Waals surface area (Å²) < 4.78 is 0. The van der Waals surface area contributed by atoms with Crippen LogP contribution in [0.1, 0.15) is 37.8 Å². The standard InChI is InChI=1S/C24H32ClN3O/c1-3-28(4-2)23-11-7-19(8-12-23)17-26-24(29)21-13-15-27(16-14-21)18-20-5-9-22(25)10-6-20/h5-12,21H,3-4,13-18H2,1-2H3,(H,26,29). The summed E-state index contributed by atoms with van der Waals surface area (Å²) in [6.07, 6.45) is 1.83. The zero-order valence-corrected chi connectivity index (χ0v) is 18.3. The fourth-order valence-electron chi connectivity index (χ4n) is 3.95. The number of nitrogens with zero attached hydrogens (tertiary/aromatic N) is 2. The van der Waals surface area contributed by atoms with E-state index >= 15 is 0 Å². The van der Waals surface area contributed by atoms with Gasteiger partial charge in [0.2, 0.25) is 5.91 Å². The van der Waals surface area contributed by atoms with Crippen molar-refractivity contribution >= 4 is 23.2 Å². The van der Waals surface area contributed by atoms with Crippen molar-refractivity contribution in [2.24, 2.45) is 5.92 Å². The van der Waals surface area contributed by atoms with Gasteiger partial charge in [0.15, 0.2) is 0 Å². The Morgan fingerprint density at radius 2 is 1.59 bits per heavy atom. The molecule has 5 heteroatoms. The number of hydrogen-bond acceptors (Lipinski definition) is 3. The number of anilines is 1. The Morgan fingerprint density at radius 3 is 2.17 bits per heavy atom. The smallest absolute Gasteiger partial charge is 0.223 e. The number of nitrogens with one attached hydrogen (secondary N) is 1. The van der Waals surface area contributed by atoms with Crippen LogP contribution in [-0.4, -0.2) is 37.0 Å². The third-order valence-corrected chi connectivity index (χ3v) is 6.06. The minimum Gasteiger partial charge on any atom is -0.372 e. The molecule has 1 N–H and O–H groups in total. The van der Waals surface area contributed by atoms with E-state index in [1.807, 2.05) is 12.1 Å². The third kappa shape index (κ3) is 6.22. The Labute approximate surface area is 179 Å². The van der Waals surface area contributed by atoms with Crippen molar-refractivity contribution in [3.05, 3.63) is 64.7 Å². The van der Waals surface area contributed by atoms with Gasteiger partial charge >= 0.3 is 0 Å². The predicted octanol–water partition coefficient (Wildman–Crippen LogP) is 4.71. The van der Waals surface area contributed by atoms with Crippen molar-refractivity contribution in [2.45, 2.75) is 39.8 Å². The van der Waals surface area contributed by atoms with Crippen LogP contribution in [-0.2, 0) is 17.9 Å². The van der Waals surface area contributed by atoms with E-state index < -0.39 is 0 Å². The second kappa shape index (κ2) is 10.7. The fourth-order valence-corrected chi connectivity index (χ4v) is 4.07. The molecule has 1 aliphatic heterocycles. The average molecular weight is 414 g/mol. The van der Waals surface area contributed by atoms with Gasteiger partial charge in [0, 0.05) is 42.8 Å². The summed E-state index contributed by atoms with van der Waals surface area (Å²) >= 11 is 5.96. The summed E-state index contributed by atoms with van der Waals surface area (Å²) in [5.74, 6) is 0.301. The molecule has 0 aliphatic carbocycles. The van der Waals surface area contributed by atoms with Gasteiger partial charge in [0.1, 0.15) is 0 Å². The molecule has 2 aromatic rings. The van der Waals surface area contributed by atoms with Gasteiger partial charge in [0.05, 0.1) is 0 Å². The lowest BCUT2D eigenvalue weighted by Crippen LogP contribution is -2.40. The highest BCUT2D eigenvalue weighted by atomic mass is 35.5. The lowest BCUT2D eigenvalue weighted by atomic mass is 9.95. The van der Waals surface area contributed by atoms with Crippen LogP contribution in [0.25, 0.3) is 0 Å². The second-order valence-corrected chi connectivity index (χ2v) is 8.17. The molecular formula is C24H32ClN3O. The van der Waals surface area contributed by atoms with Gasteiger partial charge in [-0.15, -0.1) is 0 Å². The number of carbonyl (C=O) groups is 1. The lowest BCUT2D eigenvalue weighted by molar-refractivity contribution is -0.126. The van der Waals surface area contributed by atoms with E-state index in [4.69, 9.17) is 11.6 Å². The summed E-state index contributed by atoms with van der Waals surface area (Å²) in [6, 6.07) is 16.5. The first-order valence-corrected chi connectivity index (χ1v) is 11.0. The topological polar surface area (TPSA) is 35.6 Å². The zero-order valence-electron chi connectivity index (χ0n) is 17.5. The number of rotatable bonds is 8. The number of hydrogen-bond donors (Lipinski definition) is 1. The minimum atomic E-state index is 0.117. The first-order chi connectivity index (χ1) is 14.1. The first-order valence-electron chi connectivity index (χ1n) is 10.7. The molecule has 1 fully saturated rings. The Bertz CT molecular complexity index is 764. The van der Waals surface area contributed by atoms with Gasteiger partial charge in [-0.3, -0.25) is 9.69 Å². The molecule has 0 spiro atoms. The van der Waals surface area contributed by atoms with Crippen LogP contribution in [0.5, 0.6) is 0 Å². The molecule has 1 saturated heterocycles. The molecule has 0 radical (unpaired) electrons. The molecule has 2 aromatic carbocycles. The van der Waals surface area contributed by atoms with Gasteiger partial charge in [-0.2, -0.15) is 0 Å². The van der Waals surface area contributed by atoms with Crippen molar-refractivity contribution in [1.29, 1.82) is 0 Å². The summed E-state index contributed by atoms with van der Waals surface area (Å²) in [5, 5.41) is 3.90. The van der Waals surface area contributed by atoms with Crippen LogP contribution in [0.15, 0.2) is 48.5 Å². The molecule has 1 heterocycles. The quantitative estimate of drug-likeness (QED) is 0.680. The van der Waals surface area contributed by atoms with Crippen LogP contribution >= 0.6 is 11.6 Å². The first kappa shape index (κ1) is 21.7. The van der Waals surface area contributed by atoms with E-state index in [0.29, 0.717) is 6.54 Å². The van der Waals surface area contributed by atoms with Crippen molar-refractivity contribution in [2.75, 3.05) is 31.1 Å². The maximum atomic E-state index is 12.6. The van der Waals surface area contributed by atoms with E-state index in [-0.39, 0.29) is 11.8 Å². The molecule has 0 bridgehead atoms. The minimum absolute atomic E-state index is 0.117. The summed E-state index contributed by atoms with van der Waals surface area (Å²) in [5.41, 5.74) is 3.65. The Kier molecular flexibility index (Phi) is 7.96. The van der Waals surface area contributed by atoms with Crippen LogP contribution in [0.2, 0.25) is 5.02 Å². The van der Waals surface area contributed by atoms with Gasteiger partial charge < -0.3 is 10.2 Å². The van der Waals surface area contributed by atoms with Crippen molar-refractivity contribution in [1.82, 2.24) is 10.2 Å². The molecule has 3 rings (SSSR count). The van der Waals surface area contributed by atoms with E-state index in [2.05, 4.69) is 65.4 Å². The Balaban J connectivity index is 1.42. The molecular weight excluding hydrogens is 382 g/mol. The predicted molar refractivity (Wildman–Crippen MR) is 121 cm³/mol. The zero-order chi connectivity index (χ0) is 20.6. The van der Waals surface area contributed by atoms with Crippen LogP contribution in [0, 0.1) is 5.92 Å². The highest BCUT2D eigenvalue weighted by Crippen LogP contribution is 2.20. The van der Waals surface area contributed by atoms with Gasteiger partial charge in [-0.1, -0.05) is 35.9 Å². The number of carbonyl (C=O) groups excluding carboxylic acids is 1. The molecule has 4 nitrogen and oxygen atoms in total. The maximum Gasteiger partial charge on any atom is 0.223 e. The number of halogens is 1. The van der Waals surface area contributed by atoms with Crippen LogP contribution in [0.3, 0.4) is 0 Å². The van der Waals surface area contributed by atoms with Crippen LogP contribution < -0.4 is 10.2 Å². The summed E-state index contributed by atoms with van der Waals surface area (Å²) in [7, 11) is 0. The number of likely N-dealkylation sites (tertiary alicyclic amines) is 1. The van der Waals surface area contributed by atoms with Crippen molar-refractivity contribution in [3.63, 3.8) is 0 Å². The highest BCUT2D eigenvalue weighted by Gasteiger charge is 2.24. The normalized spacial score (nSPS) is 15.3.